The first kappa shape index (κ1) is 20.3. The molecular weight excluding hydrogens is 351 g/mol. The Morgan fingerprint density at radius 3 is 2.33 bits per heavy atom. The number of carbonyl (C=O) groups is 1. The zero-order chi connectivity index (χ0) is 18.6. The van der Waals surface area contributed by atoms with Gasteiger partial charge in [-0.15, -0.1) is 0 Å². The van der Waals surface area contributed by atoms with Crippen molar-refractivity contribution in [3.63, 3.8) is 0 Å². The van der Waals surface area contributed by atoms with Gasteiger partial charge < -0.3 is 15.9 Å². The highest BCUT2D eigenvalue weighted by atomic mass is 32.2. The summed E-state index contributed by atoms with van der Waals surface area (Å²) in [5.41, 5.74) is 1.48. The molecule has 0 aliphatic carbocycles. The lowest BCUT2D eigenvalue weighted by Crippen LogP contribution is -2.44. The summed E-state index contributed by atoms with van der Waals surface area (Å²) >= 11 is 0. The molecule has 2 unspecified atom stereocenters. The molecule has 0 amide bonds. The van der Waals surface area contributed by atoms with Crippen LogP contribution < -0.4 is 5.73 Å². The lowest BCUT2D eigenvalue weighted by molar-refractivity contribution is -0.267. The maximum absolute atomic E-state index is 13.3. The van der Waals surface area contributed by atoms with Crippen LogP contribution >= 0.6 is 0 Å². The maximum Gasteiger partial charge on any atom is 0.421 e. The summed E-state index contributed by atoms with van der Waals surface area (Å²) in [7, 11) is -3.53. The molecule has 0 saturated carbocycles. The molecule has 24 heavy (non-hydrogen) atoms. The fourth-order valence-electron chi connectivity index (χ4n) is 1.93. The van der Waals surface area contributed by atoms with Crippen LogP contribution in [0.15, 0.2) is 24.5 Å². The molecule has 0 aliphatic rings. The average Bonchev–Trinajstić information content (AvgIpc) is 2.50. The van der Waals surface area contributed by atoms with E-state index in [9.17, 15) is 27.3 Å². The Hall–Kier alpha value is -1.72. The van der Waals surface area contributed by atoms with Gasteiger partial charge in [0, 0.05) is 40.0 Å². The van der Waals surface area contributed by atoms with Gasteiger partial charge in [-0.3, -0.25) is 14.6 Å². The number of rotatable bonds is 8. The van der Waals surface area contributed by atoms with Crippen molar-refractivity contribution in [3.8, 4) is 0 Å². The number of pyridine rings is 1. The molecule has 0 bridgehead atoms. The van der Waals surface area contributed by atoms with Crippen molar-refractivity contribution in [1.29, 1.82) is 4.78 Å². The van der Waals surface area contributed by atoms with Gasteiger partial charge in [-0.2, -0.15) is 13.2 Å². The highest BCUT2D eigenvalue weighted by molar-refractivity contribution is 7.92. The molecule has 1 aromatic rings. The molecule has 5 N–H and O–H groups in total. The van der Waals surface area contributed by atoms with Crippen LogP contribution in [0.5, 0.6) is 0 Å². The number of carboxylic acid groups (broad SMARTS) is 1. The van der Waals surface area contributed by atoms with Gasteiger partial charge in [0.1, 0.15) is 6.04 Å². The molecule has 136 valence electrons. The van der Waals surface area contributed by atoms with Crippen LogP contribution in [0, 0.1) is 4.78 Å². The van der Waals surface area contributed by atoms with Crippen LogP contribution in [0.2, 0.25) is 0 Å². The third-order valence-corrected chi connectivity index (χ3v) is 5.25. The van der Waals surface area contributed by atoms with E-state index in [1.54, 1.807) is 0 Å². The molecule has 7 nitrogen and oxygen atoms in total. The topological polar surface area (TPSA) is 137 Å². The second kappa shape index (κ2) is 7.45. The van der Waals surface area contributed by atoms with Crippen molar-refractivity contribution < 1.29 is 32.4 Å². The molecule has 1 aromatic heterocycles. The average molecular weight is 369 g/mol. The Morgan fingerprint density at radius 1 is 1.33 bits per heavy atom. The minimum Gasteiger partial charge on any atom is -0.480 e. The first-order chi connectivity index (χ1) is 10.9. The van der Waals surface area contributed by atoms with Gasteiger partial charge in [0.2, 0.25) is 0 Å². The van der Waals surface area contributed by atoms with Crippen LogP contribution in [-0.4, -0.2) is 49.1 Å². The number of nitrogens with two attached hydrogens (primary N) is 1. The van der Waals surface area contributed by atoms with E-state index in [1.807, 2.05) is 0 Å². The summed E-state index contributed by atoms with van der Waals surface area (Å²) < 4.78 is 59.4. The van der Waals surface area contributed by atoms with Crippen molar-refractivity contribution in [2.24, 2.45) is 5.73 Å². The van der Waals surface area contributed by atoms with Crippen molar-refractivity contribution in [1.82, 2.24) is 4.98 Å². The normalized spacial score (nSPS) is 18.4. The summed E-state index contributed by atoms with van der Waals surface area (Å²) in [5.74, 6) is -2.57. The number of aliphatic carboxylic acids is 1. The van der Waals surface area contributed by atoms with E-state index in [-0.39, 0.29) is 6.42 Å². The van der Waals surface area contributed by atoms with Gasteiger partial charge in [0.05, 0.1) is 0 Å². The minimum absolute atomic E-state index is 0.308. The van der Waals surface area contributed by atoms with E-state index < -0.39 is 57.0 Å². The second-order valence-corrected chi connectivity index (χ2v) is 7.74. The lowest BCUT2D eigenvalue weighted by atomic mass is 9.91. The molecule has 0 fully saturated rings. The van der Waals surface area contributed by atoms with E-state index in [0.29, 0.717) is 0 Å². The van der Waals surface area contributed by atoms with E-state index in [1.165, 1.54) is 0 Å². The molecule has 1 heterocycles. The van der Waals surface area contributed by atoms with E-state index >= 15 is 0 Å². The Balaban J connectivity index is 2.88. The Morgan fingerprint density at radius 2 is 1.88 bits per heavy atom. The van der Waals surface area contributed by atoms with Gasteiger partial charge in [-0.05, 0) is 24.1 Å². The monoisotopic (exact) mass is 369 g/mol. The highest BCUT2D eigenvalue weighted by Gasteiger charge is 2.54. The molecule has 1 rings (SSSR count). The summed E-state index contributed by atoms with van der Waals surface area (Å²) in [4.78, 5) is 14.1. The third-order valence-electron chi connectivity index (χ3n) is 3.50. The molecule has 0 spiro atoms. The number of aromatic nitrogens is 1. The van der Waals surface area contributed by atoms with Gasteiger partial charge in [0.25, 0.3) is 0 Å². The van der Waals surface area contributed by atoms with E-state index in [0.717, 1.165) is 24.5 Å². The number of hydrogen-bond acceptors (Lipinski definition) is 6. The lowest BCUT2D eigenvalue weighted by Gasteiger charge is -2.31. The molecular formula is C13H18F3N3O4S. The summed E-state index contributed by atoms with van der Waals surface area (Å²) in [6, 6.07) is 0.622. The number of hydrogen-bond donors (Lipinski definition) is 4. The van der Waals surface area contributed by atoms with Crippen LogP contribution in [0.25, 0.3) is 0 Å². The number of nitrogens with one attached hydrogen (secondary N) is 1. The molecule has 0 radical (unpaired) electrons. The molecule has 11 heteroatoms. The van der Waals surface area contributed by atoms with Crippen molar-refractivity contribution in [2.45, 2.75) is 30.7 Å². The molecule has 3 atom stereocenters. The first-order valence-corrected chi connectivity index (χ1v) is 8.71. The Bertz CT molecular complexity index is 667. The standard InChI is InChI=1S/C13H18F3N3O4S/c14-13(15,16)12(22,9-1-5-19-6-2-9)4-8-24(18,23)7-3-10(17)11(20)21/h1-2,5-6,10,18,22H,3-4,7-8,17H2,(H,20,21)/t10-,12?,24?/m0/s1. The highest BCUT2D eigenvalue weighted by Crippen LogP contribution is 2.41. The number of aliphatic hydroxyl groups is 1. The Kier molecular flexibility index (Phi) is 6.31. The van der Waals surface area contributed by atoms with Crippen LogP contribution in [0.1, 0.15) is 18.4 Å². The minimum atomic E-state index is -5.04. The smallest absolute Gasteiger partial charge is 0.421 e. The second-order valence-electron chi connectivity index (χ2n) is 5.30. The molecule has 0 aromatic carbocycles. The number of halogens is 3. The quantitative estimate of drug-likeness (QED) is 0.541. The largest absolute Gasteiger partial charge is 0.480 e. The van der Waals surface area contributed by atoms with E-state index in [2.05, 4.69) is 4.98 Å². The van der Waals surface area contributed by atoms with Gasteiger partial charge >= 0.3 is 12.1 Å². The third kappa shape index (κ3) is 5.14. The number of nitrogens with zero attached hydrogens (tertiary/aromatic N) is 1. The van der Waals surface area contributed by atoms with Gasteiger partial charge in [0.15, 0.2) is 5.60 Å². The molecule has 0 saturated heterocycles. The zero-order valence-corrected chi connectivity index (χ0v) is 13.3. The van der Waals surface area contributed by atoms with Gasteiger partial charge in [-0.25, -0.2) is 4.21 Å². The summed E-state index contributed by atoms with van der Waals surface area (Å²) in [6.45, 7) is 0. The number of alkyl halides is 3. The van der Waals surface area contributed by atoms with Crippen LogP contribution in [0.3, 0.4) is 0 Å². The molecule has 0 aliphatic heterocycles. The van der Waals surface area contributed by atoms with Crippen molar-refractivity contribution >= 4 is 15.7 Å². The summed E-state index contributed by atoms with van der Waals surface area (Å²) in [6.07, 6.45) is -4.18. The Labute approximate surface area is 136 Å². The summed E-state index contributed by atoms with van der Waals surface area (Å²) in [5, 5.41) is 18.7. The van der Waals surface area contributed by atoms with Crippen LogP contribution in [0.4, 0.5) is 13.2 Å². The maximum atomic E-state index is 13.3. The van der Waals surface area contributed by atoms with Crippen LogP contribution in [-0.2, 0) is 20.1 Å². The fraction of sp³-hybridized carbons (Fsp3) is 0.538. The predicted molar refractivity (Wildman–Crippen MR) is 79.6 cm³/mol. The fourth-order valence-corrected chi connectivity index (χ4v) is 3.40. The number of carboxylic acids is 1. The van der Waals surface area contributed by atoms with Gasteiger partial charge in [-0.1, -0.05) is 0 Å². The SMILES string of the molecule is N=S(=O)(CC[C@H](N)C(=O)O)CCC(O)(c1ccncc1)C(F)(F)F. The zero-order valence-electron chi connectivity index (χ0n) is 12.5. The van der Waals surface area contributed by atoms with E-state index in [4.69, 9.17) is 15.6 Å². The first-order valence-electron chi connectivity index (χ1n) is 6.81. The predicted octanol–water partition coefficient (Wildman–Crippen LogP) is 1.07. The van der Waals surface area contributed by atoms with Crippen molar-refractivity contribution in [2.75, 3.05) is 11.5 Å². The van der Waals surface area contributed by atoms with Crippen molar-refractivity contribution in [3.05, 3.63) is 30.1 Å².